The Morgan fingerprint density at radius 2 is 2.00 bits per heavy atom. The van der Waals surface area contributed by atoms with Gasteiger partial charge in [-0.05, 0) is 24.5 Å². The fourth-order valence-electron chi connectivity index (χ4n) is 3.07. The van der Waals surface area contributed by atoms with Crippen LogP contribution in [0.3, 0.4) is 0 Å². The molecule has 0 aromatic heterocycles. The summed E-state index contributed by atoms with van der Waals surface area (Å²) < 4.78 is 5.61. The molecule has 1 fully saturated rings. The molecular weight excluding hydrogens is 226 g/mol. The second kappa shape index (κ2) is 4.39. The lowest BCUT2D eigenvalue weighted by atomic mass is 9.77. The van der Waals surface area contributed by atoms with Gasteiger partial charge in [0.05, 0.1) is 17.7 Å². The van der Waals surface area contributed by atoms with Crippen LogP contribution in [-0.4, -0.2) is 17.9 Å². The number of carbonyl (C=O) groups is 1. The molecule has 3 heteroatoms. The Hall–Kier alpha value is -1.35. The van der Waals surface area contributed by atoms with E-state index < -0.39 is 5.54 Å². The lowest BCUT2D eigenvalue weighted by molar-refractivity contribution is 0.0844. The van der Waals surface area contributed by atoms with Gasteiger partial charge in [0.25, 0.3) is 0 Å². The molecule has 3 nitrogen and oxygen atoms in total. The number of ketones is 1. The van der Waals surface area contributed by atoms with Crippen molar-refractivity contribution in [2.75, 3.05) is 6.61 Å². The van der Waals surface area contributed by atoms with Gasteiger partial charge >= 0.3 is 0 Å². The van der Waals surface area contributed by atoms with Gasteiger partial charge < -0.3 is 10.5 Å². The third-order valence-electron chi connectivity index (χ3n) is 4.16. The zero-order valence-electron chi connectivity index (χ0n) is 10.6. The summed E-state index contributed by atoms with van der Waals surface area (Å²) in [6.07, 6.45) is 5.80. The Morgan fingerprint density at radius 1 is 1.22 bits per heavy atom. The van der Waals surface area contributed by atoms with E-state index in [0.717, 1.165) is 43.4 Å². The molecule has 1 aromatic carbocycles. The van der Waals surface area contributed by atoms with Crippen LogP contribution in [0.1, 0.15) is 48.0 Å². The molecule has 0 bridgehead atoms. The Kier molecular flexibility index (Phi) is 2.86. The number of carbonyl (C=O) groups excluding carboxylic acids is 1. The van der Waals surface area contributed by atoms with Gasteiger partial charge in [-0.2, -0.15) is 0 Å². The number of benzene rings is 1. The Morgan fingerprint density at radius 3 is 2.78 bits per heavy atom. The first kappa shape index (κ1) is 11.7. The largest absolute Gasteiger partial charge is 0.492 e. The van der Waals surface area contributed by atoms with Crippen molar-refractivity contribution >= 4 is 5.78 Å². The average Bonchev–Trinajstić information content (AvgIpc) is 2.87. The summed E-state index contributed by atoms with van der Waals surface area (Å²) in [5, 5.41) is 0. The minimum absolute atomic E-state index is 0.0703. The molecule has 0 atom stereocenters. The van der Waals surface area contributed by atoms with E-state index in [2.05, 4.69) is 0 Å². The first-order chi connectivity index (χ1) is 8.71. The predicted molar refractivity (Wildman–Crippen MR) is 70.0 cm³/mol. The van der Waals surface area contributed by atoms with Gasteiger partial charge in [-0.15, -0.1) is 0 Å². The topological polar surface area (TPSA) is 52.3 Å². The van der Waals surface area contributed by atoms with Gasteiger partial charge in [0.15, 0.2) is 5.78 Å². The average molecular weight is 245 g/mol. The van der Waals surface area contributed by atoms with Gasteiger partial charge in [0.1, 0.15) is 5.75 Å². The van der Waals surface area contributed by atoms with Crippen molar-refractivity contribution in [3.63, 3.8) is 0 Å². The molecule has 0 amide bonds. The molecule has 1 aliphatic carbocycles. The highest BCUT2D eigenvalue weighted by atomic mass is 16.5. The third kappa shape index (κ3) is 1.83. The number of para-hydroxylation sites is 1. The smallest absolute Gasteiger partial charge is 0.186 e. The molecule has 1 aromatic rings. The predicted octanol–water partition coefficient (Wildman–Crippen LogP) is 2.47. The minimum atomic E-state index is -0.667. The Labute approximate surface area is 107 Å². The second-order valence-electron chi connectivity index (χ2n) is 5.44. The molecule has 0 unspecified atom stereocenters. The molecule has 1 saturated carbocycles. The quantitative estimate of drug-likeness (QED) is 0.814. The maximum atomic E-state index is 12.7. The number of ether oxygens (including phenoxy) is 1. The molecule has 2 aliphatic rings. The van der Waals surface area contributed by atoms with Crippen molar-refractivity contribution in [1.29, 1.82) is 0 Å². The first-order valence-electron chi connectivity index (χ1n) is 6.79. The van der Waals surface area contributed by atoms with E-state index in [1.165, 1.54) is 6.42 Å². The van der Waals surface area contributed by atoms with Crippen molar-refractivity contribution < 1.29 is 9.53 Å². The van der Waals surface area contributed by atoms with E-state index in [0.29, 0.717) is 12.2 Å². The van der Waals surface area contributed by atoms with Gasteiger partial charge in [0, 0.05) is 6.42 Å². The molecule has 1 aliphatic heterocycles. The van der Waals surface area contributed by atoms with Crippen LogP contribution in [-0.2, 0) is 6.42 Å². The standard InChI is InChI=1S/C15H19NO2/c16-15(8-2-1-3-9-15)14(17)12-6-4-5-11-7-10-18-13(11)12/h4-6H,1-3,7-10,16H2. The lowest BCUT2D eigenvalue weighted by Crippen LogP contribution is -2.49. The Bertz CT molecular complexity index is 475. The highest BCUT2D eigenvalue weighted by Crippen LogP contribution is 2.35. The summed E-state index contributed by atoms with van der Waals surface area (Å²) >= 11 is 0. The van der Waals surface area contributed by atoms with Crippen molar-refractivity contribution in [3.8, 4) is 5.75 Å². The molecule has 1 heterocycles. The molecule has 0 spiro atoms. The third-order valence-corrected chi connectivity index (χ3v) is 4.16. The molecule has 2 N–H and O–H groups in total. The second-order valence-corrected chi connectivity index (χ2v) is 5.44. The molecule has 3 rings (SSSR count). The van der Waals surface area contributed by atoms with Crippen LogP contribution in [0.2, 0.25) is 0 Å². The molecule has 0 radical (unpaired) electrons. The first-order valence-corrected chi connectivity index (χ1v) is 6.79. The number of rotatable bonds is 2. The highest BCUT2D eigenvalue weighted by molar-refractivity contribution is 6.05. The van der Waals surface area contributed by atoms with Crippen LogP contribution in [0, 0.1) is 0 Å². The number of hydrogen-bond acceptors (Lipinski definition) is 3. The van der Waals surface area contributed by atoms with Crippen molar-refractivity contribution in [2.24, 2.45) is 5.73 Å². The number of Topliss-reactive ketones (excluding diaryl/α,β-unsaturated/α-hetero) is 1. The van der Waals surface area contributed by atoms with E-state index in [1.54, 1.807) is 0 Å². The molecule has 18 heavy (non-hydrogen) atoms. The monoisotopic (exact) mass is 245 g/mol. The van der Waals surface area contributed by atoms with Crippen LogP contribution in [0.4, 0.5) is 0 Å². The van der Waals surface area contributed by atoms with E-state index in [4.69, 9.17) is 10.5 Å². The van der Waals surface area contributed by atoms with Crippen molar-refractivity contribution in [3.05, 3.63) is 29.3 Å². The zero-order chi connectivity index (χ0) is 12.6. The maximum Gasteiger partial charge on any atom is 0.186 e. The van der Waals surface area contributed by atoms with Gasteiger partial charge in [-0.25, -0.2) is 0 Å². The number of hydrogen-bond donors (Lipinski definition) is 1. The van der Waals surface area contributed by atoms with Crippen molar-refractivity contribution in [1.82, 2.24) is 0 Å². The summed E-state index contributed by atoms with van der Waals surface area (Å²) in [6.45, 7) is 0.678. The molecule has 96 valence electrons. The number of nitrogens with two attached hydrogens (primary N) is 1. The summed E-state index contributed by atoms with van der Waals surface area (Å²) in [6, 6.07) is 5.83. The SMILES string of the molecule is NC1(C(=O)c2cccc3c2OCC3)CCCCC1. The van der Waals surface area contributed by atoms with Gasteiger partial charge in [-0.1, -0.05) is 31.4 Å². The maximum absolute atomic E-state index is 12.7. The normalized spacial score (nSPS) is 21.2. The van der Waals surface area contributed by atoms with Gasteiger partial charge in [0.2, 0.25) is 0 Å². The van der Waals surface area contributed by atoms with Crippen LogP contribution in [0.5, 0.6) is 5.75 Å². The van der Waals surface area contributed by atoms with E-state index in [-0.39, 0.29) is 5.78 Å². The van der Waals surface area contributed by atoms with Crippen LogP contribution < -0.4 is 10.5 Å². The fourth-order valence-corrected chi connectivity index (χ4v) is 3.07. The lowest BCUT2D eigenvalue weighted by Gasteiger charge is -2.32. The van der Waals surface area contributed by atoms with E-state index in [9.17, 15) is 4.79 Å². The summed E-state index contributed by atoms with van der Waals surface area (Å²) in [4.78, 5) is 12.7. The number of fused-ring (bicyclic) bond motifs is 1. The summed E-state index contributed by atoms with van der Waals surface area (Å²) in [5.74, 6) is 0.846. The van der Waals surface area contributed by atoms with E-state index >= 15 is 0 Å². The van der Waals surface area contributed by atoms with E-state index in [1.807, 2.05) is 18.2 Å². The highest BCUT2D eigenvalue weighted by Gasteiger charge is 2.37. The Balaban J connectivity index is 1.95. The minimum Gasteiger partial charge on any atom is -0.492 e. The van der Waals surface area contributed by atoms with Crippen LogP contribution >= 0.6 is 0 Å². The zero-order valence-corrected chi connectivity index (χ0v) is 10.6. The molecular formula is C15H19NO2. The van der Waals surface area contributed by atoms with Crippen LogP contribution in [0.25, 0.3) is 0 Å². The summed E-state index contributed by atoms with van der Waals surface area (Å²) in [7, 11) is 0. The molecule has 0 saturated heterocycles. The van der Waals surface area contributed by atoms with Crippen molar-refractivity contribution in [2.45, 2.75) is 44.1 Å². The fraction of sp³-hybridized carbons (Fsp3) is 0.533. The summed E-state index contributed by atoms with van der Waals surface area (Å²) in [5.41, 5.74) is 7.48. The van der Waals surface area contributed by atoms with Crippen LogP contribution in [0.15, 0.2) is 18.2 Å². The van der Waals surface area contributed by atoms with Gasteiger partial charge in [-0.3, -0.25) is 4.79 Å².